The zero-order chi connectivity index (χ0) is 18.3. The van der Waals surface area contributed by atoms with Gasteiger partial charge < -0.3 is 10.2 Å². The van der Waals surface area contributed by atoms with Crippen molar-refractivity contribution in [2.24, 2.45) is 0 Å². The number of nitrogens with one attached hydrogen (secondary N) is 2. The number of carbonyl (C=O) groups is 1. The van der Waals surface area contributed by atoms with Crippen LogP contribution in [0.4, 0.5) is 0 Å². The second-order valence-electron chi connectivity index (χ2n) is 7.57. The molecule has 1 amide bonds. The summed E-state index contributed by atoms with van der Waals surface area (Å²) in [5.41, 5.74) is 5.17. The first-order chi connectivity index (χ1) is 12.5. The van der Waals surface area contributed by atoms with Crippen molar-refractivity contribution in [1.82, 2.24) is 20.4 Å². The van der Waals surface area contributed by atoms with E-state index in [4.69, 9.17) is 0 Å². The van der Waals surface area contributed by atoms with Gasteiger partial charge in [0.1, 0.15) is 0 Å². The maximum atomic E-state index is 12.9. The van der Waals surface area contributed by atoms with E-state index in [1.165, 1.54) is 11.1 Å². The molecule has 4 rings (SSSR count). The monoisotopic (exact) mass is 348 g/mol. The van der Waals surface area contributed by atoms with Crippen LogP contribution < -0.4 is 5.32 Å². The summed E-state index contributed by atoms with van der Waals surface area (Å²) in [4.78, 5) is 15.2. The lowest BCUT2D eigenvalue weighted by atomic mass is 9.93. The Morgan fingerprint density at radius 2 is 1.92 bits per heavy atom. The molecular formula is C21H24N4O. The van der Waals surface area contributed by atoms with Crippen molar-refractivity contribution in [3.8, 4) is 0 Å². The van der Waals surface area contributed by atoms with Crippen molar-refractivity contribution in [1.29, 1.82) is 0 Å². The maximum Gasteiger partial charge on any atom is 0.253 e. The van der Waals surface area contributed by atoms with E-state index in [9.17, 15) is 4.79 Å². The number of likely N-dealkylation sites (N-methyl/N-ethyl adjacent to an activating group) is 1. The summed E-state index contributed by atoms with van der Waals surface area (Å²) in [6.45, 7) is 2.61. The van der Waals surface area contributed by atoms with Crippen LogP contribution in [0.2, 0.25) is 0 Å². The number of amides is 1. The quantitative estimate of drug-likeness (QED) is 0.762. The first kappa shape index (κ1) is 16.8. The van der Waals surface area contributed by atoms with E-state index < -0.39 is 0 Å². The molecule has 2 N–H and O–H groups in total. The molecule has 1 aliphatic rings. The number of hydrogen-bond acceptors (Lipinski definition) is 3. The summed E-state index contributed by atoms with van der Waals surface area (Å²) < 4.78 is 0. The molecule has 26 heavy (non-hydrogen) atoms. The molecule has 134 valence electrons. The van der Waals surface area contributed by atoms with E-state index in [1.54, 1.807) is 6.20 Å². The van der Waals surface area contributed by atoms with E-state index in [0.717, 1.165) is 29.3 Å². The normalized spacial score (nSPS) is 15.4. The van der Waals surface area contributed by atoms with Crippen molar-refractivity contribution in [2.75, 3.05) is 20.6 Å². The molecule has 0 unspecified atom stereocenters. The Balaban J connectivity index is 1.57. The highest BCUT2D eigenvalue weighted by atomic mass is 16.1. The highest BCUT2D eigenvalue weighted by molar-refractivity contribution is 6.05. The molecular weight excluding hydrogens is 324 g/mol. The van der Waals surface area contributed by atoms with Crippen LogP contribution in [0.1, 0.15) is 27.0 Å². The van der Waals surface area contributed by atoms with Gasteiger partial charge in [-0.05, 0) is 62.7 Å². The largest absolute Gasteiger partial charge is 0.350 e. The molecule has 1 aromatic heterocycles. The standard InChI is InChI=1S/C21H24N4O/c1-14-8-17-12-23-24-19(17)18(9-14)20(26)22-13-21(25(2)3)10-15-6-4-5-7-16(15)11-21/h4-9,12H,10-11,13H2,1-3H3,(H,22,26)(H,23,24). The SMILES string of the molecule is Cc1cc(C(=O)NCC2(N(C)C)Cc3ccccc3C2)c2[nH]ncc2c1. The Morgan fingerprint density at radius 3 is 2.58 bits per heavy atom. The van der Waals surface area contributed by atoms with Gasteiger partial charge in [0, 0.05) is 17.5 Å². The van der Waals surface area contributed by atoms with E-state index in [0.29, 0.717) is 12.1 Å². The Hall–Kier alpha value is -2.66. The van der Waals surface area contributed by atoms with Crippen molar-refractivity contribution >= 4 is 16.8 Å². The second kappa shape index (κ2) is 6.25. The lowest BCUT2D eigenvalue weighted by Crippen LogP contribution is -2.53. The fourth-order valence-corrected chi connectivity index (χ4v) is 4.00. The van der Waals surface area contributed by atoms with Gasteiger partial charge in [-0.3, -0.25) is 9.89 Å². The molecule has 5 heteroatoms. The van der Waals surface area contributed by atoms with E-state index in [2.05, 4.69) is 58.8 Å². The molecule has 5 nitrogen and oxygen atoms in total. The summed E-state index contributed by atoms with van der Waals surface area (Å²) in [5.74, 6) is -0.0554. The minimum absolute atomic E-state index is 0.0554. The van der Waals surface area contributed by atoms with Crippen LogP contribution in [-0.4, -0.2) is 47.2 Å². The number of benzene rings is 2. The topological polar surface area (TPSA) is 61.0 Å². The second-order valence-corrected chi connectivity index (χ2v) is 7.57. The van der Waals surface area contributed by atoms with Crippen molar-refractivity contribution < 1.29 is 4.79 Å². The summed E-state index contributed by atoms with van der Waals surface area (Å²) in [7, 11) is 4.19. The number of rotatable bonds is 4. The zero-order valence-electron chi connectivity index (χ0n) is 15.5. The minimum Gasteiger partial charge on any atom is -0.350 e. The van der Waals surface area contributed by atoms with Crippen molar-refractivity contribution in [3.05, 3.63) is 64.8 Å². The molecule has 0 bridgehead atoms. The van der Waals surface area contributed by atoms with Crippen LogP contribution in [0.5, 0.6) is 0 Å². The van der Waals surface area contributed by atoms with E-state index in [-0.39, 0.29) is 11.4 Å². The number of nitrogens with zero attached hydrogens (tertiary/aromatic N) is 2. The fourth-order valence-electron chi connectivity index (χ4n) is 4.00. The molecule has 0 radical (unpaired) electrons. The molecule has 0 fully saturated rings. The average molecular weight is 348 g/mol. The van der Waals surface area contributed by atoms with Crippen LogP contribution in [0, 0.1) is 6.92 Å². The number of aromatic nitrogens is 2. The van der Waals surface area contributed by atoms with Crippen LogP contribution in [0.25, 0.3) is 10.9 Å². The third kappa shape index (κ3) is 2.78. The molecule has 0 spiro atoms. The number of aryl methyl sites for hydroxylation is 1. The third-order valence-electron chi connectivity index (χ3n) is 5.62. The van der Waals surface area contributed by atoms with Gasteiger partial charge in [0.15, 0.2) is 0 Å². The highest BCUT2D eigenvalue weighted by Gasteiger charge is 2.39. The van der Waals surface area contributed by atoms with Gasteiger partial charge in [-0.25, -0.2) is 0 Å². The van der Waals surface area contributed by atoms with Gasteiger partial charge in [-0.15, -0.1) is 0 Å². The summed E-state index contributed by atoms with van der Waals surface area (Å²) in [5, 5.41) is 11.2. The molecule has 3 aromatic rings. The van der Waals surface area contributed by atoms with Crippen molar-refractivity contribution in [2.45, 2.75) is 25.3 Å². The Morgan fingerprint density at radius 1 is 1.23 bits per heavy atom. The number of aromatic amines is 1. The van der Waals surface area contributed by atoms with Gasteiger partial charge in [0.25, 0.3) is 5.91 Å². The lowest BCUT2D eigenvalue weighted by molar-refractivity contribution is 0.0904. The number of H-pyrrole nitrogens is 1. The van der Waals surface area contributed by atoms with Crippen LogP contribution >= 0.6 is 0 Å². The molecule has 0 saturated carbocycles. The number of carbonyl (C=O) groups excluding carboxylic acids is 1. The first-order valence-electron chi connectivity index (χ1n) is 8.95. The number of fused-ring (bicyclic) bond motifs is 2. The molecule has 0 atom stereocenters. The first-order valence-corrected chi connectivity index (χ1v) is 8.95. The molecule has 2 aromatic carbocycles. The van der Waals surface area contributed by atoms with Gasteiger partial charge >= 0.3 is 0 Å². The summed E-state index contributed by atoms with van der Waals surface area (Å²) >= 11 is 0. The van der Waals surface area contributed by atoms with E-state index >= 15 is 0 Å². The minimum atomic E-state index is -0.0870. The lowest BCUT2D eigenvalue weighted by Gasteiger charge is -2.36. The molecule has 1 heterocycles. The van der Waals surface area contributed by atoms with Gasteiger partial charge in [-0.1, -0.05) is 24.3 Å². The third-order valence-corrected chi connectivity index (χ3v) is 5.62. The van der Waals surface area contributed by atoms with Crippen LogP contribution in [0.15, 0.2) is 42.6 Å². The smallest absolute Gasteiger partial charge is 0.253 e. The summed E-state index contributed by atoms with van der Waals surface area (Å²) in [6.07, 6.45) is 3.65. The predicted molar refractivity (Wildman–Crippen MR) is 103 cm³/mol. The Labute approximate surface area is 153 Å². The van der Waals surface area contributed by atoms with Gasteiger partial charge in [0.2, 0.25) is 0 Å². The highest BCUT2D eigenvalue weighted by Crippen LogP contribution is 2.33. The maximum absolute atomic E-state index is 12.9. The van der Waals surface area contributed by atoms with Gasteiger partial charge in [-0.2, -0.15) is 5.10 Å². The predicted octanol–water partition coefficient (Wildman–Crippen LogP) is 2.70. The van der Waals surface area contributed by atoms with Crippen LogP contribution in [0.3, 0.4) is 0 Å². The van der Waals surface area contributed by atoms with E-state index in [1.807, 2.05) is 19.1 Å². The average Bonchev–Trinajstić information content (AvgIpc) is 3.23. The molecule has 0 aliphatic heterocycles. The number of hydrogen-bond donors (Lipinski definition) is 2. The molecule has 0 saturated heterocycles. The van der Waals surface area contributed by atoms with Gasteiger partial charge in [0.05, 0.1) is 17.3 Å². The molecule has 1 aliphatic carbocycles. The Kier molecular flexibility index (Phi) is 4.04. The van der Waals surface area contributed by atoms with Crippen LogP contribution in [-0.2, 0) is 12.8 Å². The van der Waals surface area contributed by atoms with Crippen molar-refractivity contribution in [3.63, 3.8) is 0 Å². The Bertz CT molecular complexity index is 948. The fraction of sp³-hybridized carbons (Fsp3) is 0.333. The zero-order valence-corrected chi connectivity index (χ0v) is 15.5. The summed E-state index contributed by atoms with van der Waals surface area (Å²) in [6, 6.07) is 12.5.